The van der Waals surface area contributed by atoms with Crippen LogP contribution in [0.25, 0.3) is 0 Å². The van der Waals surface area contributed by atoms with Gasteiger partial charge in [0.05, 0.1) is 5.69 Å². The summed E-state index contributed by atoms with van der Waals surface area (Å²) >= 11 is 0. The second-order valence-corrected chi connectivity index (χ2v) is 9.28. The Hall–Kier alpha value is -2.58. The summed E-state index contributed by atoms with van der Waals surface area (Å²) in [6.07, 6.45) is 1.17. The maximum Gasteiger partial charge on any atom is 0.407 e. The molecular formula is C20H32N6O3. The third-order valence-electron chi connectivity index (χ3n) is 5.16. The molecule has 2 heterocycles. The Morgan fingerprint density at radius 1 is 1.24 bits per heavy atom. The van der Waals surface area contributed by atoms with Crippen LogP contribution in [-0.4, -0.2) is 52.7 Å². The van der Waals surface area contributed by atoms with Gasteiger partial charge in [-0.3, -0.25) is 4.79 Å². The number of nitrogens with zero attached hydrogens (tertiary/aromatic N) is 3. The Morgan fingerprint density at radius 2 is 1.90 bits per heavy atom. The smallest absolute Gasteiger partial charge is 0.407 e. The number of rotatable bonds is 4. The van der Waals surface area contributed by atoms with Crippen molar-refractivity contribution in [3.8, 4) is 0 Å². The van der Waals surface area contributed by atoms with Crippen molar-refractivity contribution in [3.05, 3.63) is 5.69 Å². The van der Waals surface area contributed by atoms with E-state index in [0.29, 0.717) is 11.6 Å². The van der Waals surface area contributed by atoms with Crippen LogP contribution in [0, 0.1) is 12.8 Å². The maximum absolute atomic E-state index is 12.4. The zero-order valence-electron chi connectivity index (χ0n) is 18.3. The molecule has 3 N–H and O–H groups in total. The second kappa shape index (κ2) is 7.68. The lowest BCUT2D eigenvalue weighted by atomic mass is 9.87. The van der Waals surface area contributed by atoms with E-state index in [1.165, 1.54) is 0 Å². The zero-order valence-corrected chi connectivity index (χ0v) is 18.3. The first-order valence-electron chi connectivity index (χ1n) is 10.1. The van der Waals surface area contributed by atoms with Gasteiger partial charge in [-0.2, -0.15) is 4.98 Å². The van der Waals surface area contributed by atoms with Gasteiger partial charge in [0.1, 0.15) is 17.3 Å². The molecule has 1 atom stereocenters. The average Bonchev–Trinajstić information content (AvgIpc) is 2.52. The van der Waals surface area contributed by atoms with Gasteiger partial charge in [0.2, 0.25) is 11.9 Å². The van der Waals surface area contributed by atoms with Gasteiger partial charge >= 0.3 is 6.09 Å². The number of aryl methyl sites for hydroxylation is 1. The number of carbonyl (C=O) groups is 2. The molecule has 0 spiro atoms. The van der Waals surface area contributed by atoms with E-state index in [1.807, 2.05) is 53.5 Å². The molecule has 3 rings (SSSR count). The molecular weight excluding hydrogens is 372 g/mol. The molecule has 9 nitrogen and oxygen atoms in total. The summed E-state index contributed by atoms with van der Waals surface area (Å²) in [5, 5.41) is 9.18. The van der Waals surface area contributed by atoms with Crippen molar-refractivity contribution in [1.29, 1.82) is 0 Å². The lowest BCUT2D eigenvalue weighted by molar-refractivity contribution is -0.118. The Morgan fingerprint density at radius 3 is 2.48 bits per heavy atom. The van der Waals surface area contributed by atoms with Crippen LogP contribution < -0.4 is 20.9 Å². The summed E-state index contributed by atoms with van der Waals surface area (Å²) in [6.45, 7) is 11.4. The number of anilines is 3. The van der Waals surface area contributed by atoms with E-state index in [9.17, 15) is 9.59 Å². The minimum Gasteiger partial charge on any atom is -0.444 e. The van der Waals surface area contributed by atoms with E-state index in [0.717, 1.165) is 24.4 Å². The highest BCUT2D eigenvalue weighted by atomic mass is 16.6. The van der Waals surface area contributed by atoms with Crippen molar-refractivity contribution in [2.24, 2.45) is 5.92 Å². The number of fused-ring (bicyclic) bond motifs is 1. The lowest BCUT2D eigenvalue weighted by Crippen LogP contribution is -2.51. The van der Waals surface area contributed by atoms with Crippen LogP contribution >= 0.6 is 0 Å². The standard InChI is InChI=1S/C20H32N6O3/c1-10(2)15-17(27)24-14-11(3)21-18(25-16(14)26(15)7)22-12-8-13(9-12)23-19(28)29-20(4,5)6/h10,12-13,15H,8-9H2,1-7H3,(H,23,28)(H,24,27)(H,21,22,25)/t12?,13?,15-/m0/s1. The summed E-state index contributed by atoms with van der Waals surface area (Å²) in [4.78, 5) is 35.4. The molecule has 1 aromatic rings. The summed E-state index contributed by atoms with van der Waals surface area (Å²) in [7, 11) is 1.89. The van der Waals surface area contributed by atoms with Crippen molar-refractivity contribution >= 4 is 29.5 Å². The number of nitrogens with one attached hydrogen (secondary N) is 3. The van der Waals surface area contributed by atoms with E-state index >= 15 is 0 Å². The predicted octanol–water partition coefficient (Wildman–Crippen LogP) is 2.67. The lowest BCUT2D eigenvalue weighted by Gasteiger charge is -2.38. The number of aromatic nitrogens is 2. The molecule has 1 fully saturated rings. The molecule has 0 saturated heterocycles. The molecule has 0 unspecified atom stereocenters. The van der Waals surface area contributed by atoms with E-state index in [-0.39, 0.29) is 36.0 Å². The number of carbonyl (C=O) groups excluding carboxylic acids is 2. The van der Waals surface area contributed by atoms with Gasteiger partial charge in [-0.25, -0.2) is 9.78 Å². The summed E-state index contributed by atoms with van der Waals surface area (Å²) in [6, 6.07) is -0.0131. The molecule has 9 heteroatoms. The van der Waals surface area contributed by atoms with Gasteiger partial charge in [-0.15, -0.1) is 0 Å². The van der Waals surface area contributed by atoms with Gasteiger partial charge in [0.15, 0.2) is 5.82 Å². The summed E-state index contributed by atoms with van der Waals surface area (Å²) in [5.74, 6) is 1.39. The fraction of sp³-hybridized carbons (Fsp3) is 0.700. The molecule has 29 heavy (non-hydrogen) atoms. The van der Waals surface area contributed by atoms with Crippen LogP contribution in [0.4, 0.5) is 22.2 Å². The topological polar surface area (TPSA) is 108 Å². The summed E-state index contributed by atoms with van der Waals surface area (Å²) < 4.78 is 5.29. The fourth-order valence-corrected chi connectivity index (χ4v) is 3.79. The van der Waals surface area contributed by atoms with Gasteiger partial charge in [0, 0.05) is 19.1 Å². The minimum atomic E-state index is -0.505. The quantitative estimate of drug-likeness (QED) is 0.708. The van der Waals surface area contributed by atoms with Gasteiger partial charge in [0.25, 0.3) is 0 Å². The van der Waals surface area contributed by atoms with E-state index < -0.39 is 5.60 Å². The van der Waals surface area contributed by atoms with Crippen LogP contribution in [0.3, 0.4) is 0 Å². The van der Waals surface area contributed by atoms with Crippen molar-refractivity contribution in [1.82, 2.24) is 15.3 Å². The van der Waals surface area contributed by atoms with E-state index in [1.54, 1.807) is 0 Å². The second-order valence-electron chi connectivity index (χ2n) is 9.28. The van der Waals surface area contributed by atoms with Gasteiger partial charge in [-0.1, -0.05) is 13.8 Å². The highest BCUT2D eigenvalue weighted by molar-refractivity contribution is 6.03. The Balaban J connectivity index is 1.62. The van der Waals surface area contributed by atoms with Crippen molar-refractivity contribution < 1.29 is 14.3 Å². The predicted molar refractivity (Wildman–Crippen MR) is 112 cm³/mol. The van der Waals surface area contributed by atoms with Crippen LogP contribution in [0.15, 0.2) is 0 Å². The SMILES string of the molecule is Cc1nc(NC2CC(NC(=O)OC(C)(C)C)C2)nc2c1NC(=O)[C@H](C(C)C)N2C. The first-order chi connectivity index (χ1) is 13.4. The molecule has 1 aliphatic carbocycles. The molecule has 0 aromatic carbocycles. The molecule has 2 aliphatic rings. The van der Waals surface area contributed by atoms with Crippen LogP contribution in [-0.2, 0) is 9.53 Å². The van der Waals surface area contributed by atoms with Gasteiger partial charge < -0.3 is 25.6 Å². The number of ether oxygens (including phenoxy) is 1. The molecule has 1 aromatic heterocycles. The largest absolute Gasteiger partial charge is 0.444 e. The number of amides is 2. The summed E-state index contributed by atoms with van der Waals surface area (Å²) in [5.41, 5.74) is 0.885. The first-order valence-corrected chi connectivity index (χ1v) is 10.1. The average molecular weight is 405 g/mol. The zero-order chi connectivity index (χ0) is 21.5. The minimum absolute atomic E-state index is 0.0301. The van der Waals surface area contributed by atoms with E-state index in [4.69, 9.17) is 4.74 Å². The number of likely N-dealkylation sites (N-methyl/N-ethyl adjacent to an activating group) is 1. The van der Waals surface area contributed by atoms with Crippen LogP contribution in [0.5, 0.6) is 0 Å². The molecule has 160 valence electrons. The van der Waals surface area contributed by atoms with Crippen LogP contribution in [0.2, 0.25) is 0 Å². The number of alkyl carbamates (subject to hydrolysis) is 1. The molecule has 0 bridgehead atoms. The third-order valence-corrected chi connectivity index (χ3v) is 5.16. The van der Waals surface area contributed by atoms with E-state index in [2.05, 4.69) is 25.9 Å². The highest BCUT2D eigenvalue weighted by Crippen LogP contribution is 2.34. The Kier molecular flexibility index (Phi) is 5.60. The highest BCUT2D eigenvalue weighted by Gasteiger charge is 2.36. The van der Waals surface area contributed by atoms with Crippen molar-refractivity contribution in [3.63, 3.8) is 0 Å². The van der Waals surface area contributed by atoms with Crippen molar-refractivity contribution in [2.45, 2.75) is 78.1 Å². The fourth-order valence-electron chi connectivity index (χ4n) is 3.79. The first kappa shape index (κ1) is 21.1. The maximum atomic E-state index is 12.4. The van der Waals surface area contributed by atoms with Crippen molar-refractivity contribution in [2.75, 3.05) is 22.6 Å². The van der Waals surface area contributed by atoms with Gasteiger partial charge in [-0.05, 0) is 46.5 Å². The molecule has 1 aliphatic heterocycles. The Bertz CT molecular complexity index is 798. The monoisotopic (exact) mass is 404 g/mol. The van der Waals surface area contributed by atoms with Crippen LogP contribution in [0.1, 0.15) is 53.2 Å². The molecule has 0 radical (unpaired) electrons. The Labute approximate surface area is 172 Å². The molecule has 2 amide bonds. The third kappa shape index (κ3) is 4.71. The molecule has 1 saturated carbocycles. The normalized spacial score (nSPS) is 23.8. The number of hydrogen-bond acceptors (Lipinski definition) is 7. The number of hydrogen-bond donors (Lipinski definition) is 3.